The van der Waals surface area contributed by atoms with E-state index in [1.54, 1.807) is 0 Å². The molecule has 0 rings (SSSR count). The van der Waals surface area contributed by atoms with Crippen LogP contribution < -0.4 is 0 Å². The summed E-state index contributed by atoms with van der Waals surface area (Å²) in [5, 5.41) is 0. The molecular weight excluding hydrogens is 352 g/mol. The summed E-state index contributed by atoms with van der Waals surface area (Å²) in [5.41, 5.74) is 0. The molecule has 4 heteroatoms. The van der Waals surface area contributed by atoms with Gasteiger partial charge in [-0.3, -0.25) is 9.59 Å². The zero-order valence-electron chi connectivity index (χ0n) is 15.8. The molecule has 0 unspecified atom stereocenters. The summed E-state index contributed by atoms with van der Waals surface area (Å²) in [6.07, 6.45) is 20.0. The monoisotopic (exact) mass is 389 g/mol. The minimum Gasteiger partial charge on any atom is -0.393 e. The molecule has 0 aromatic carbocycles. The Balaban J connectivity index is 0. The van der Waals surface area contributed by atoms with Crippen molar-refractivity contribution in [3.05, 3.63) is 0 Å². The molecule has 0 aliphatic rings. The molecule has 0 spiro atoms. The Kier molecular flexibility index (Phi) is 22.3. The van der Waals surface area contributed by atoms with E-state index >= 15 is 0 Å². The van der Waals surface area contributed by atoms with Gasteiger partial charge in [-0.05, 0) is 6.42 Å². The molecule has 0 bridgehead atoms. The minimum atomic E-state index is -0.504. The van der Waals surface area contributed by atoms with Crippen molar-refractivity contribution in [3.63, 3.8) is 0 Å². The van der Waals surface area contributed by atoms with Gasteiger partial charge >= 0.3 is 11.9 Å². The van der Waals surface area contributed by atoms with Crippen LogP contribution in [-0.2, 0) is 31.4 Å². The Morgan fingerprint density at radius 3 is 1.29 bits per heavy atom. The van der Waals surface area contributed by atoms with E-state index in [4.69, 9.17) is 0 Å². The zero-order chi connectivity index (χ0) is 17.2. The minimum absolute atomic E-state index is 0. The van der Waals surface area contributed by atoms with Gasteiger partial charge in [0.25, 0.3) is 0 Å². The van der Waals surface area contributed by atoms with Crippen molar-refractivity contribution in [3.8, 4) is 0 Å². The molecule has 0 fully saturated rings. The largest absolute Gasteiger partial charge is 0.393 e. The van der Waals surface area contributed by atoms with Crippen molar-refractivity contribution >= 4 is 11.9 Å². The van der Waals surface area contributed by atoms with Crippen molar-refractivity contribution in [1.29, 1.82) is 0 Å². The van der Waals surface area contributed by atoms with Crippen molar-refractivity contribution in [2.45, 2.75) is 117 Å². The molecule has 3 nitrogen and oxygen atoms in total. The van der Waals surface area contributed by atoms with E-state index in [2.05, 4.69) is 11.7 Å². The Morgan fingerprint density at radius 1 is 0.625 bits per heavy atom. The smallest absolute Gasteiger partial charge is 0.313 e. The van der Waals surface area contributed by atoms with Crippen LogP contribution in [0.5, 0.6) is 0 Å². The van der Waals surface area contributed by atoms with Gasteiger partial charge in [-0.2, -0.15) is 0 Å². The van der Waals surface area contributed by atoms with Crippen molar-refractivity contribution in [1.82, 2.24) is 0 Å². The third-order valence-corrected chi connectivity index (χ3v) is 4.24. The fraction of sp³-hybridized carbons (Fsp3) is 0.900. The molecule has 0 saturated carbocycles. The van der Waals surface area contributed by atoms with Crippen molar-refractivity contribution < 1.29 is 31.4 Å². The summed E-state index contributed by atoms with van der Waals surface area (Å²) in [7, 11) is 0. The van der Waals surface area contributed by atoms with E-state index in [0.29, 0.717) is 6.42 Å². The molecule has 0 aliphatic heterocycles. The molecule has 0 aromatic rings. The van der Waals surface area contributed by atoms with Crippen LogP contribution in [0.1, 0.15) is 117 Å². The van der Waals surface area contributed by atoms with Crippen LogP contribution in [0.2, 0.25) is 0 Å². The van der Waals surface area contributed by atoms with Gasteiger partial charge < -0.3 is 4.74 Å². The number of ether oxygens (including phenoxy) is 1. The molecular formula is C20H38CuO3. The summed E-state index contributed by atoms with van der Waals surface area (Å²) >= 11 is 0. The number of hydrogen-bond donors (Lipinski definition) is 0. The summed E-state index contributed by atoms with van der Waals surface area (Å²) in [4.78, 5) is 21.7. The first-order valence-corrected chi connectivity index (χ1v) is 9.88. The van der Waals surface area contributed by atoms with E-state index < -0.39 is 5.97 Å². The summed E-state index contributed by atoms with van der Waals surface area (Å²) in [6, 6.07) is 0. The van der Waals surface area contributed by atoms with Crippen LogP contribution >= 0.6 is 0 Å². The van der Waals surface area contributed by atoms with Crippen LogP contribution in [0.15, 0.2) is 0 Å². The van der Waals surface area contributed by atoms with Gasteiger partial charge in [0.05, 0.1) is 0 Å². The summed E-state index contributed by atoms with van der Waals surface area (Å²) in [6.45, 7) is 3.53. The van der Waals surface area contributed by atoms with E-state index in [1.165, 1.54) is 90.4 Å². The predicted octanol–water partition coefficient (Wildman–Crippen LogP) is 6.34. The van der Waals surface area contributed by atoms with Gasteiger partial charge in [0.2, 0.25) is 0 Å². The van der Waals surface area contributed by atoms with E-state index in [1.807, 2.05) is 0 Å². The van der Waals surface area contributed by atoms with Gasteiger partial charge in [0.1, 0.15) is 0 Å². The first-order valence-electron chi connectivity index (χ1n) is 9.88. The molecule has 0 N–H and O–H groups in total. The number of carbonyl (C=O) groups is 2. The number of esters is 2. The molecule has 1 radical (unpaired) electrons. The van der Waals surface area contributed by atoms with Gasteiger partial charge in [-0.25, -0.2) is 0 Å². The number of carbonyl (C=O) groups excluding carboxylic acids is 2. The molecule has 0 aromatic heterocycles. The molecule has 0 amide bonds. The fourth-order valence-corrected chi connectivity index (χ4v) is 2.85. The number of hydrogen-bond acceptors (Lipinski definition) is 3. The van der Waals surface area contributed by atoms with Crippen LogP contribution in [0.3, 0.4) is 0 Å². The fourth-order valence-electron chi connectivity index (χ4n) is 2.85. The third-order valence-electron chi connectivity index (χ3n) is 4.24. The molecule has 0 saturated heterocycles. The number of unbranched alkanes of at least 4 members (excludes halogenated alkanes) is 14. The maximum atomic E-state index is 11.1. The molecule has 147 valence electrons. The topological polar surface area (TPSA) is 43.4 Å². The molecule has 0 heterocycles. The van der Waals surface area contributed by atoms with Crippen molar-refractivity contribution in [2.24, 2.45) is 0 Å². The second-order valence-corrected chi connectivity index (χ2v) is 6.67. The van der Waals surface area contributed by atoms with Gasteiger partial charge in [-0.1, -0.05) is 96.8 Å². The average molecular weight is 390 g/mol. The first kappa shape index (κ1) is 25.9. The van der Waals surface area contributed by atoms with Crippen LogP contribution in [0.25, 0.3) is 0 Å². The predicted molar refractivity (Wildman–Crippen MR) is 96.3 cm³/mol. The Hall–Kier alpha value is -0.341. The Morgan fingerprint density at radius 2 is 0.958 bits per heavy atom. The quantitative estimate of drug-likeness (QED) is 0.134. The Bertz CT molecular complexity index is 293. The molecule has 0 aliphatic carbocycles. The Labute approximate surface area is 160 Å². The van der Waals surface area contributed by atoms with Crippen LogP contribution in [0.4, 0.5) is 0 Å². The van der Waals surface area contributed by atoms with Crippen molar-refractivity contribution in [2.75, 3.05) is 0 Å². The van der Waals surface area contributed by atoms with Crippen LogP contribution in [-0.4, -0.2) is 11.9 Å². The molecule has 24 heavy (non-hydrogen) atoms. The zero-order valence-corrected chi connectivity index (χ0v) is 16.8. The number of rotatable bonds is 16. The molecule has 0 atom stereocenters. The maximum absolute atomic E-state index is 11.1. The standard InChI is InChI=1S/C20H38O3.Cu/c1-3-4-5-6-7-8-9-10-11-12-13-14-15-16-17-18-20(22)23-19(2)21;/h3-18H2,1-2H3;. The third kappa shape index (κ3) is 21.7. The summed E-state index contributed by atoms with van der Waals surface area (Å²) < 4.78 is 4.49. The van der Waals surface area contributed by atoms with E-state index in [-0.39, 0.29) is 23.0 Å². The second kappa shape index (κ2) is 20.7. The normalized spacial score (nSPS) is 10.2. The van der Waals surface area contributed by atoms with Crippen LogP contribution in [0, 0.1) is 0 Å². The van der Waals surface area contributed by atoms with Gasteiger partial charge in [-0.15, -0.1) is 0 Å². The van der Waals surface area contributed by atoms with Gasteiger partial charge in [0, 0.05) is 30.4 Å². The van der Waals surface area contributed by atoms with E-state index in [0.717, 1.165) is 12.8 Å². The maximum Gasteiger partial charge on any atom is 0.313 e. The summed E-state index contributed by atoms with van der Waals surface area (Å²) in [5.74, 6) is -0.886. The SMILES string of the molecule is CCCCCCCCCCCCCCCCCC(=O)OC(C)=O.[Cu]. The average Bonchev–Trinajstić information content (AvgIpc) is 2.50. The first-order chi connectivity index (χ1) is 11.2. The van der Waals surface area contributed by atoms with E-state index in [9.17, 15) is 9.59 Å². The van der Waals surface area contributed by atoms with Gasteiger partial charge in [0.15, 0.2) is 0 Å². The second-order valence-electron chi connectivity index (χ2n) is 6.67.